The fraction of sp³-hybridized carbons (Fsp3) is 0.280. The van der Waals surface area contributed by atoms with E-state index in [1.165, 1.54) is 13.1 Å². The van der Waals surface area contributed by atoms with Crippen molar-refractivity contribution >= 4 is 46.6 Å². The van der Waals surface area contributed by atoms with E-state index in [4.69, 9.17) is 20.0 Å². The maximum Gasteiger partial charge on any atom is 0.446 e. The molecule has 0 unspecified atom stereocenters. The van der Waals surface area contributed by atoms with Gasteiger partial charge in [-0.3, -0.25) is 9.59 Å². The third-order valence-electron chi connectivity index (χ3n) is 5.32. The Morgan fingerprint density at radius 1 is 1.13 bits per heavy atom. The number of anilines is 6. The summed E-state index contributed by atoms with van der Waals surface area (Å²) < 4.78 is 42.3. The molecule has 13 heteroatoms. The molecule has 1 aliphatic rings. The molecule has 0 spiro atoms. The lowest BCUT2D eigenvalue weighted by Gasteiger charge is -2.29. The molecule has 1 aromatic heterocycles. The molecule has 4 N–H and O–H groups in total. The summed E-state index contributed by atoms with van der Waals surface area (Å²) in [6.45, 7) is 4.56. The lowest BCUT2D eigenvalue weighted by molar-refractivity contribution is -0.156. The van der Waals surface area contributed by atoms with Crippen LogP contribution in [0.4, 0.5) is 47.7 Å². The van der Waals surface area contributed by atoms with Crippen LogP contribution in [0.5, 0.6) is 5.75 Å². The van der Waals surface area contributed by atoms with Crippen LogP contribution in [0.2, 0.25) is 0 Å². The number of methoxy groups -OCH3 is 1. The van der Waals surface area contributed by atoms with Gasteiger partial charge in [-0.2, -0.15) is 18.2 Å². The number of halogens is 3. The molecule has 0 bridgehead atoms. The molecule has 1 fully saturated rings. The van der Waals surface area contributed by atoms with E-state index in [1.807, 2.05) is 36.4 Å². The summed E-state index contributed by atoms with van der Waals surface area (Å²) in [5.74, 6) is 1.21. The van der Waals surface area contributed by atoms with E-state index in [-0.39, 0.29) is 5.78 Å². The highest BCUT2D eigenvalue weighted by Gasteiger charge is 2.25. The van der Waals surface area contributed by atoms with Crippen LogP contribution in [0.1, 0.15) is 17.3 Å². The molecule has 10 nitrogen and oxygen atoms in total. The number of aromatic nitrogens is 2. The highest BCUT2D eigenvalue weighted by molar-refractivity contribution is 5.99. The van der Waals surface area contributed by atoms with Gasteiger partial charge in [0.2, 0.25) is 12.2 Å². The molecular weight excluding hydrogens is 505 g/mol. The minimum absolute atomic E-state index is 0.152. The molecular formula is C25H27F3N6O4. The fourth-order valence-electron chi connectivity index (χ4n) is 3.46. The van der Waals surface area contributed by atoms with E-state index >= 15 is 0 Å². The summed E-state index contributed by atoms with van der Waals surface area (Å²) >= 11 is 0. The van der Waals surface area contributed by atoms with E-state index in [0.29, 0.717) is 53.4 Å². The monoisotopic (exact) mass is 532 g/mol. The summed E-state index contributed by atoms with van der Waals surface area (Å²) in [4.78, 5) is 31.9. The first-order valence-electron chi connectivity index (χ1n) is 11.4. The van der Waals surface area contributed by atoms with Gasteiger partial charge in [0, 0.05) is 31.0 Å². The molecule has 3 aromatic rings. The number of nitrogens with one attached hydrogen (secondary N) is 2. The predicted molar refractivity (Wildman–Crippen MR) is 138 cm³/mol. The fourth-order valence-corrected chi connectivity index (χ4v) is 3.46. The van der Waals surface area contributed by atoms with E-state index in [1.54, 1.807) is 13.2 Å². The number of nitrogens with two attached hydrogens (primary N) is 1. The molecule has 0 atom stereocenters. The van der Waals surface area contributed by atoms with Crippen LogP contribution in [0.3, 0.4) is 0 Å². The zero-order valence-electron chi connectivity index (χ0n) is 20.7. The molecule has 0 aliphatic carbocycles. The maximum atomic E-state index is 12.1. The second kappa shape index (κ2) is 12.7. The normalized spacial score (nSPS) is 13.1. The largest absolute Gasteiger partial charge is 0.494 e. The SMILES string of the molecule is COc1cc(N2CCOCC2)ccc1Nc1ncc(C(C)=O)c(Nc2ccccc2N)n1.O=CC(F)(F)F. The van der Waals surface area contributed by atoms with Gasteiger partial charge in [-0.05, 0) is 31.2 Å². The molecule has 0 saturated carbocycles. The van der Waals surface area contributed by atoms with E-state index < -0.39 is 12.5 Å². The maximum absolute atomic E-state index is 12.1. The van der Waals surface area contributed by atoms with Crippen molar-refractivity contribution in [1.82, 2.24) is 9.97 Å². The first-order valence-corrected chi connectivity index (χ1v) is 11.4. The first kappa shape index (κ1) is 28.2. The number of rotatable bonds is 7. The number of ketones is 1. The van der Waals surface area contributed by atoms with Crippen LogP contribution in [-0.4, -0.2) is 61.6 Å². The second-order valence-electron chi connectivity index (χ2n) is 7.99. The Hall–Kier alpha value is -4.39. The Balaban J connectivity index is 0.000000599. The van der Waals surface area contributed by atoms with Crippen molar-refractivity contribution in [3.05, 3.63) is 54.2 Å². The van der Waals surface area contributed by atoms with Gasteiger partial charge in [0.1, 0.15) is 11.6 Å². The van der Waals surface area contributed by atoms with E-state index in [9.17, 15) is 18.0 Å². The predicted octanol–water partition coefficient (Wildman–Crippen LogP) is 4.34. The lowest BCUT2D eigenvalue weighted by atomic mass is 10.2. The molecule has 1 saturated heterocycles. The summed E-state index contributed by atoms with van der Waals surface area (Å²) in [6, 6.07) is 13.2. The molecule has 0 amide bonds. The number of hydrogen-bond acceptors (Lipinski definition) is 10. The Morgan fingerprint density at radius 3 is 2.42 bits per heavy atom. The Labute approximate surface area is 217 Å². The Bertz CT molecular complexity index is 1270. The molecule has 2 heterocycles. The summed E-state index contributed by atoms with van der Waals surface area (Å²) in [5, 5.41) is 6.33. The van der Waals surface area contributed by atoms with Crippen molar-refractivity contribution in [2.45, 2.75) is 13.1 Å². The van der Waals surface area contributed by atoms with Gasteiger partial charge in [-0.1, -0.05) is 12.1 Å². The van der Waals surface area contributed by atoms with Gasteiger partial charge >= 0.3 is 6.18 Å². The molecule has 2 aromatic carbocycles. The highest BCUT2D eigenvalue weighted by atomic mass is 19.4. The van der Waals surface area contributed by atoms with Crippen LogP contribution < -0.4 is 26.0 Å². The third-order valence-corrected chi connectivity index (χ3v) is 5.32. The smallest absolute Gasteiger partial charge is 0.446 e. The minimum Gasteiger partial charge on any atom is -0.494 e. The number of benzene rings is 2. The van der Waals surface area contributed by atoms with Crippen molar-refractivity contribution in [2.75, 3.05) is 54.7 Å². The standard InChI is InChI=1S/C23H26N6O3.C2HF3O/c1-15(30)17-14-25-23(28-22(17)26-19-6-4-3-5-18(19)24)27-20-8-7-16(13-21(20)31-2)29-9-11-32-12-10-29;3-2(4,5)1-6/h3-8,13-14H,9-12,24H2,1-2H3,(H2,25,26,27,28);1H. The number of hydrogen-bond donors (Lipinski definition) is 3. The molecule has 38 heavy (non-hydrogen) atoms. The average molecular weight is 533 g/mol. The van der Waals surface area contributed by atoms with Crippen LogP contribution in [0, 0.1) is 0 Å². The molecule has 1 aliphatic heterocycles. The van der Waals surface area contributed by atoms with Crippen LogP contribution in [-0.2, 0) is 9.53 Å². The van der Waals surface area contributed by atoms with Crippen LogP contribution >= 0.6 is 0 Å². The van der Waals surface area contributed by atoms with Gasteiger partial charge in [0.25, 0.3) is 0 Å². The number of Topliss-reactive ketones (excluding diaryl/α,β-unsaturated/α-hetero) is 1. The lowest BCUT2D eigenvalue weighted by Crippen LogP contribution is -2.36. The van der Waals surface area contributed by atoms with E-state index in [2.05, 4.69) is 25.5 Å². The van der Waals surface area contributed by atoms with Gasteiger partial charge < -0.3 is 30.7 Å². The third kappa shape index (κ3) is 7.80. The van der Waals surface area contributed by atoms with Gasteiger partial charge in [0.15, 0.2) is 5.78 Å². The topological polar surface area (TPSA) is 132 Å². The number of aldehydes is 1. The number of nitrogens with zero attached hydrogens (tertiary/aromatic N) is 3. The molecule has 0 radical (unpaired) electrons. The number of para-hydroxylation sites is 2. The second-order valence-corrected chi connectivity index (χ2v) is 7.99. The summed E-state index contributed by atoms with van der Waals surface area (Å²) in [6.07, 6.45) is -4.21. The number of nitrogen functional groups attached to an aromatic ring is 1. The van der Waals surface area contributed by atoms with Gasteiger partial charge in [-0.25, -0.2) is 4.98 Å². The number of morpholine rings is 1. The number of carbonyl (C=O) groups excluding carboxylic acids is 2. The molecule has 4 rings (SSSR count). The number of alkyl halides is 3. The van der Waals surface area contributed by atoms with Crippen molar-refractivity contribution in [2.24, 2.45) is 0 Å². The van der Waals surface area contributed by atoms with E-state index in [0.717, 1.165) is 18.8 Å². The summed E-state index contributed by atoms with van der Waals surface area (Å²) in [5.41, 5.74) is 9.39. The van der Waals surface area contributed by atoms with Gasteiger partial charge in [0.05, 0.1) is 42.9 Å². The van der Waals surface area contributed by atoms with Crippen LogP contribution in [0.25, 0.3) is 0 Å². The molecule has 202 valence electrons. The first-order chi connectivity index (χ1) is 18.1. The van der Waals surface area contributed by atoms with Crippen molar-refractivity contribution in [1.29, 1.82) is 0 Å². The Kier molecular flexibility index (Phi) is 9.44. The van der Waals surface area contributed by atoms with Crippen molar-refractivity contribution in [3.63, 3.8) is 0 Å². The number of ether oxygens (including phenoxy) is 2. The zero-order chi connectivity index (χ0) is 27.7. The number of carbonyl (C=O) groups is 2. The van der Waals surface area contributed by atoms with Gasteiger partial charge in [-0.15, -0.1) is 0 Å². The van der Waals surface area contributed by atoms with Crippen molar-refractivity contribution < 1.29 is 32.2 Å². The zero-order valence-corrected chi connectivity index (χ0v) is 20.7. The van der Waals surface area contributed by atoms with Crippen LogP contribution in [0.15, 0.2) is 48.7 Å². The Morgan fingerprint density at radius 2 is 1.82 bits per heavy atom. The highest BCUT2D eigenvalue weighted by Crippen LogP contribution is 2.32. The minimum atomic E-state index is -4.64. The average Bonchev–Trinajstić information content (AvgIpc) is 2.90. The quantitative estimate of drug-likeness (QED) is 0.229. The van der Waals surface area contributed by atoms with Crippen molar-refractivity contribution in [3.8, 4) is 5.75 Å². The summed E-state index contributed by atoms with van der Waals surface area (Å²) in [7, 11) is 1.62.